The summed E-state index contributed by atoms with van der Waals surface area (Å²) in [6, 6.07) is 2.38. The van der Waals surface area contributed by atoms with Gasteiger partial charge < -0.3 is 18.6 Å². The first-order valence-corrected chi connectivity index (χ1v) is 9.66. The first-order valence-electron chi connectivity index (χ1n) is 8.90. The number of benzene rings is 1. The van der Waals surface area contributed by atoms with E-state index in [1.165, 1.54) is 6.07 Å². The molecule has 1 atom stereocenters. The SMILES string of the molecule is CC(Oc1cc(-n2c(Cl)c(C(C)(C)C)oc2=O)c(F)cc1Cl)C1OCCCO1. The maximum atomic E-state index is 14.6. The van der Waals surface area contributed by atoms with Crippen LogP contribution >= 0.6 is 23.2 Å². The van der Waals surface area contributed by atoms with E-state index in [0.717, 1.165) is 17.1 Å². The minimum Gasteiger partial charge on any atom is -0.484 e. The first kappa shape index (κ1) is 21.2. The standard InChI is InChI=1S/C19H22Cl2FNO5/c1-10(17-25-6-5-7-26-17)27-14-9-13(12(22)8-11(14)20)23-16(21)15(19(2,3)4)28-18(23)24/h8-10,17H,5-7H2,1-4H3. The fraction of sp³-hybridized carbons (Fsp3) is 0.526. The lowest BCUT2D eigenvalue weighted by molar-refractivity contribution is -0.213. The normalized spacial score (nSPS) is 17.0. The Morgan fingerprint density at radius 1 is 1.25 bits per heavy atom. The third-order valence-corrected chi connectivity index (χ3v) is 4.86. The van der Waals surface area contributed by atoms with E-state index >= 15 is 0 Å². The van der Waals surface area contributed by atoms with Crippen LogP contribution in [-0.4, -0.2) is 30.2 Å². The number of halogens is 3. The van der Waals surface area contributed by atoms with Gasteiger partial charge in [-0.1, -0.05) is 44.0 Å². The fourth-order valence-corrected chi connectivity index (χ4v) is 3.51. The molecule has 0 saturated carbocycles. The molecule has 1 aromatic heterocycles. The number of hydrogen-bond donors (Lipinski definition) is 0. The highest BCUT2D eigenvalue weighted by atomic mass is 35.5. The molecule has 0 radical (unpaired) electrons. The molecule has 9 heteroatoms. The van der Waals surface area contributed by atoms with Crippen LogP contribution in [0.25, 0.3) is 5.69 Å². The van der Waals surface area contributed by atoms with Crippen molar-refractivity contribution in [1.29, 1.82) is 0 Å². The van der Waals surface area contributed by atoms with Crippen molar-refractivity contribution in [1.82, 2.24) is 4.57 Å². The number of nitrogens with zero attached hydrogens (tertiary/aromatic N) is 1. The van der Waals surface area contributed by atoms with Gasteiger partial charge in [-0.15, -0.1) is 0 Å². The number of aromatic nitrogens is 1. The Hall–Kier alpha value is -1.54. The van der Waals surface area contributed by atoms with Gasteiger partial charge in [0.1, 0.15) is 17.7 Å². The van der Waals surface area contributed by atoms with Crippen molar-refractivity contribution in [3.05, 3.63) is 44.4 Å². The van der Waals surface area contributed by atoms with Gasteiger partial charge in [0.25, 0.3) is 0 Å². The summed E-state index contributed by atoms with van der Waals surface area (Å²) in [4.78, 5) is 12.4. The molecule has 1 aromatic carbocycles. The maximum absolute atomic E-state index is 14.6. The van der Waals surface area contributed by atoms with Gasteiger partial charge in [-0.3, -0.25) is 0 Å². The van der Waals surface area contributed by atoms with Crippen LogP contribution in [0.4, 0.5) is 4.39 Å². The van der Waals surface area contributed by atoms with Crippen LogP contribution in [0, 0.1) is 5.82 Å². The Morgan fingerprint density at radius 3 is 2.46 bits per heavy atom. The predicted molar refractivity (Wildman–Crippen MR) is 103 cm³/mol. The molecule has 1 saturated heterocycles. The van der Waals surface area contributed by atoms with E-state index in [-0.39, 0.29) is 27.4 Å². The molecule has 154 valence electrons. The van der Waals surface area contributed by atoms with Gasteiger partial charge in [-0.05, 0) is 19.4 Å². The van der Waals surface area contributed by atoms with Crippen molar-refractivity contribution >= 4 is 23.2 Å². The predicted octanol–water partition coefficient (Wildman–Crippen LogP) is 4.70. The average molecular weight is 434 g/mol. The summed E-state index contributed by atoms with van der Waals surface area (Å²) in [5.74, 6) is -1.10. The van der Waals surface area contributed by atoms with Gasteiger partial charge in [-0.2, -0.15) is 0 Å². The van der Waals surface area contributed by atoms with Crippen LogP contribution in [0.2, 0.25) is 10.2 Å². The number of rotatable bonds is 4. The van der Waals surface area contributed by atoms with Crippen molar-refractivity contribution in [3.63, 3.8) is 0 Å². The highest BCUT2D eigenvalue weighted by Gasteiger charge is 2.29. The van der Waals surface area contributed by atoms with Crippen LogP contribution in [0.3, 0.4) is 0 Å². The molecule has 1 unspecified atom stereocenters. The van der Waals surface area contributed by atoms with Crippen molar-refractivity contribution in [2.45, 2.75) is 51.9 Å². The maximum Gasteiger partial charge on any atom is 0.425 e. The quantitative estimate of drug-likeness (QED) is 0.698. The smallest absolute Gasteiger partial charge is 0.425 e. The van der Waals surface area contributed by atoms with Gasteiger partial charge in [0.2, 0.25) is 0 Å². The second-order valence-electron chi connectivity index (χ2n) is 7.59. The van der Waals surface area contributed by atoms with Crippen LogP contribution in [-0.2, 0) is 14.9 Å². The van der Waals surface area contributed by atoms with Gasteiger partial charge in [0, 0.05) is 11.5 Å². The van der Waals surface area contributed by atoms with Gasteiger partial charge in [-0.25, -0.2) is 13.8 Å². The van der Waals surface area contributed by atoms with Crippen molar-refractivity contribution in [3.8, 4) is 11.4 Å². The highest BCUT2D eigenvalue weighted by molar-refractivity contribution is 6.32. The molecule has 1 aliphatic heterocycles. The van der Waals surface area contributed by atoms with E-state index in [1.807, 2.05) is 20.8 Å². The van der Waals surface area contributed by atoms with Crippen LogP contribution < -0.4 is 10.5 Å². The molecule has 1 fully saturated rings. The van der Waals surface area contributed by atoms with Crippen LogP contribution in [0.1, 0.15) is 39.9 Å². The minimum absolute atomic E-state index is 0.00309. The molecular weight excluding hydrogens is 412 g/mol. The second-order valence-corrected chi connectivity index (χ2v) is 8.36. The molecule has 3 rings (SSSR count). The summed E-state index contributed by atoms with van der Waals surface area (Å²) in [6.45, 7) is 8.39. The molecule has 28 heavy (non-hydrogen) atoms. The largest absolute Gasteiger partial charge is 0.484 e. The molecule has 2 heterocycles. The Balaban J connectivity index is 1.99. The zero-order valence-corrected chi connectivity index (χ0v) is 17.6. The number of oxazole rings is 1. The summed E-state index contributed by atoms with van der Waals surface area (Å²) in [5, 5.41) is 0.0456. The van der Waals surface area contributed by atoms with E-state index in [4.69, 9.17) is 41.8 Å². The molecule has 2 aromatic rings. The molecule has 0 spiro atoms. The van der Waals surface area contributed by atoms with Crippen molar-refractivity contribution in [2.75, 3.05) is 13.2 Å². The van der Waals surface area contributed by atoms with Gasteiger partial charge in [0.05, 0.1) is 23.9 Å². The summed E-state index contributed by atoms with van der Waals surface area (Å²) in [7, 11) is 0. The minimum atomic E-state index is -0.797. The second kappa shape index (κ2) is 8.06. The molecular formula is C19H22Cl2FNO5. The average Bonchev–Trinajstić information content (AvgIpc) is 2.93. The lowest BCUT2D eigenvalue weighted by Crippen LogP contribution is -2.37. The van der Waals surface area contributed by atoms with E-state index in [1.54, 1.807) is 6.92 Å². The van der Waals surface area contributed by atoms with Crippen LogP contribution in [0.5, 0.6) is 5.75 Å². The fourth-order valence-electron chi connectivity index (χ4n) is 2.84. The Kier molecular flexibility index (Phi) is 6.10. The van der Waals surface area contributed by atoms with Gasteiger partial charge >= 0.3 is 5.76 Å². The molecule has 6 nitrogen and oxygen atoms in total. The molecule has 0 amide bonds. The highest BCUT2D eigenvalue weighted by Crippen LogP contribution is 2.35. The third-order valence-electron chi connectivity index (χ3n) is 4.23. The van der Waals surface area contributed by atoms with Crippen molar-refractivity contribution in [2.24, 2.45) is 0 Å². The first-order chi connectivity index (χ1) is 13.1. The Labute approximate surface area is 172 Å². The summed E-state index contributed by atoms with van der Waals surface area (Å²) in [6.07, 6.45) is -0.258. The summed E-state index contributed by atoms with van der Waals surface area (Å²) >= 11 is 12.5. The zero-order chi connectivity index (χ0) is 20.6. The summed E-state index contributed by atoms with van der Waals surface area (Å²) in [5.41, 5.74) is -0.653. The Morgan fingerprint density at radius 2 is 1.89 bits per heavy atom. The summed E-state index contributed by atoms with van der Waals surface area (Å²) < 4.78 is 37.7. The topological polar surface area (TPSA) is 62.8 Å². The van der Waals surface area contributed by atoms with E-state index in [9.17, 15) is 9.18 Å². The van der Waals surface area contributed by atoms with E-state index in [2.05, 4.69) is 0 Å². The third kappa shape index (κ3) is 4.22. The van der Waals surface area contributed by atoms with Crippen molar-refractivity contribution < 1.29 is 23.0 Å². The Bertz CT molecular complexity index is 912. The van der Waals surface area contributed by atoms with Gasteiger partial charge in [0.15, 0.2) is 17.2 Å². The molecule has 0 aliphatic carbocycles. The number of ether oxygens (including phenoxy) is 3. The lowest BCUT2D eigenvalue weighted by atomic mass is 9.94. The molecule has 0 bridgehead atoms. The number of hydrogen-bond acceptors (Lipinski definition) is 5. The lowest BCUT2D eigenvalue weighted by Gasteiger charge is -2.28. The zero-order valence-electron chi connectivity index (χ0n) is 16.1. The van der Waals surface area contributed by atoms with E-state index < -0.39 is 29.4 Å². The molecule has 0 N–H and O–H groups in total. The monoisotopic (exact) mass is 433 g/mol. The van der Waals surface area contributed by atoms with Crippen LogP contribution in [0.15, 0.2) is 21.3 Å². The van der Waals surface area contributed by atoms with E-state index in [0.29, 0.717) is 13.2 Å². The molecule has 1 aliphatic rings.